The van der Waals surface area contributed by atoms with Gasteiger partial charge in [-0.1, -0.05) is 0 Å². The molecule has 0 spiro atoms. The summed E-state index contributed by atoms with van der Waals surface area (Å²) >= 11 is 1.74. The minimum atomic E-state index is -1.11. The van der Waals surface area contributed by atoms with E-state index in [0.29, 0.717) is 19.4 Å². The van der Waals surface area contributed by atoms with Crippen LogP contribution in [0.2, 0.25) is 0 Å². The number of likely N-dealkylation sites (tertiary alicyclic amines) is 1. The van der Waals surface area contributed by atoms with Crippen molar-refractivity contribution < 1.29 is 23.5 Å². The molecular weight excluding hydrogens is 383 g/mol. The van der Waals surface area contributed by atoms with Crippen molar-refractivity contribution >= 4 is 34.5 Å². The molecule has 1 unspecified atom stereocenters. The van der Waals surface area contributed by atoms with Crippen molar-refractivity contribution in [3.63, 3.8) is 0 Å². The fourth-order valence-electron chi connectivity index (χ4n) is 2.27. The summed E-state index contributed by atoms with van der Waals surface area (Å²) < 4.78 is 26.6. The lowest BCUT2D eigenvalue weighted by molar-refractivity contribution is -0.143. The third kappa shape index (κ3) is 2.92. The number of rotatable bonds is 2. The van der Waals surface area contributed by atoms with Gasteiger partial charge in [-0.3, -0.25) is 4.79 Å². The number of benzene rings is 1. The Morgan fingerprint density at radius 2 is 1.90 bits per heavy atom. The molecule has 1 fully saturated rings. The first-order valence-corrected chi connectivity index (χ1v) is 7.18. The molecule has 0 aromatic heterocycles. The zero-order valence-corrected chi connectivity index (χ0v) is 12.6. The molecule has 7 heteroatoms. The molecule has 0 saturated carbocycles. The monoisotopic (exact) mass is 395 g/mol. The maximum Gasteiger partial charge on any atom is 0.326 e. The second kappa shape index (κ2) is 6.02. The highest BCUT2D eigenvalue weighted by atomic mass is 127. The van der Waals surface area contributed by atoms with Gasteiger partial charge in [0.2, 0.25) is 0 Å². The number of piperidine rings is 1. The van der Waals surface area contributed by atoms with Gasteiger partial charge >= 0.3 is 5.97 Å². The molecular formula is C13H12F2INO3. The molecule has 108 valence electrons. The fraction of sp³-hybridized carbons (Fsp3) is 0.385. The van der Waals surface area contributed by atoms with E-state index in [1.165, 1.54) is 4.90 Å². The van der Waals surface area contributed by atoms with Crippen LogP contribution in [0.15, 0.2) is 12.1 Å². The number of aliphatic carboxylic acids is 1. The van der Waals surface area contributed by atoms with E-state index in [9.17, 15) is 18.4 Å². The van der Waals surface area contributed by atoms with Crippen LogP contribution in [-0.4, -0.2) is 34.5 Å². The molecule has 1 N–H and O–H groups in total. The zero-order valence-electron chi connectivity index (χ0n) is 10.4. The van der Waals surface area contributed by atoms with Gasteiger partial charge in [0.05, 0.1) is 5.56 Å². The maximum atomic E-state index is 13.3. The average molecular weight is 395 g/mol. The molecule has 1 aromatic rings. The predicted octanol–water partition coefficient (Wildman–Crippen LogP) is 2.65. The van der Waals surface area contributed by atoms with Crippen molar-refractivity contribution in [1.29, 1.82) is 0 Å². The van der Waals surface area contributed by atoms with Crippen molar-refractivity contribution in [3.05, 3.63) is 32.9 Å². The summed E-state index contributed by atoms with van der Waals surface area (Å²) in [5.74, 6) is -3.78. The van der Waals surface area contributed by atoms with E-state index in [2.05, 4.69) is 0 Å². The van der Waals surface area contributed by atoms with Gasteiger partial charge in [0.1, 0.15) is 6.04 Å². The minimum absolute atomic E-state index is 0.00218. The summed E-state index contributed by atoms with van der Waals surface area (Å²) in [6.07, 6.45) is 1.81. The molecule has 1 aliphatic heterocycles. The van der Waals surface area contributed by atoms with Gasteiger partial charge in [-0.05, 0) is 54.0 Å². The molecule has 0 radical (unpaired) electrons. The average Bonchev–Trinajstić information content (AvgIpc) is 2.42. The summed E-state index contributed by atoms with van der Waals surface area (Å²) in [5, 5.41) is 9.14. The van der Waals surface area contributed by atoms with Crippen LogP contribution in [0, 0.1) is 15.2 Å². The summed E-state index contributed by atoms with van der Waals surface area (Å²) in [5.41, 5.74) is -0.00218. The lowest BCUT2D eigenvalue weighted by Gasteiger charge is -2.33. The van der Waals surface area contributed by atoms with E-state index < -0.39 is 29.6 Å². The molecule has 1 saturated heterocycles. The summed E-state index contributed by atoms with van der Waals surface area (Å²) in [6, 6.07) is 0.857. The van der Waals surface area contributed by atoms with E-state index in [1.807, 2.05) is 0 Å². The number of hydrogen-bond acceptors (Lipinski definition) is 2. The first-order valence-electron chi connectivity index (χ1n) is 6.10. The topological polar surface area (TPSA) is 57.6 Å². The molecule has 1 aromatic carbocycles. The summed E-state index contributed by atoms with van der Waals surface area (Å²) in [7, 11) is 0. The third-order valence-corrected chi connectivity index (χ3v) is 4.18. The van der Waals surface area contributed by atoms with Gasteiger partial charge in [0, 0.05) is 10.1 Å². The van der Waals surface area contributed by atoms with Crippen LogP contribution in [0.1, 0.15) is 29.6 Å². The van der Waals surface area contributed by atoms with E-state index in [0.717, 1.165) is 18.6 Å². The van der Waals surface area contributed by atoms with Crippen LogP contribution in [0.3, 0.4) is 0 Å². The van der Waals surface area contributed by atoms with Crippen molar-refractivity contribution in [2.75, 3.05) is 6.54 Å². The molecule has 0 aliphatic carbocycles. The second-order valence-electron chi connectivity index (χ2n) is 4.59. The van der Waals surface area contributed by atoms with E-state index >= 15 is 0 Å². The number of hydrogen-bond donors (Lipinski definition) is 1. The first kappa shape index (κ1) is 15.1. The Hall–Kier alpha value is -1.25. The Labute approximate surface area is 127 Å². The number of amides is 1. The minimum Gasteiger partial charge on any atom is -0.480 e. The van der Waals surface area contributed by atoms with Crippen molar-refractivity contribution in [2.24, 2.45) is 0 Å². The van der Waals surface area contributed by atoms with E-state index in [-0.39, 0.29) is 9.13 Å². The van der Waals surface area contributed by atoms with Crippen LogP contribution in [0.5, 0.6) is 0 Å². The zero-order chi connectivity index (χ0) is 14.9. The SMILES string of the molecule is O=C(O)C1CCCCN1C(=O)c1cc(F)c(F)cc1I. The van der Waals surface area contributed by atoms with Gasteiger partial charge in [-0.25, -0.2) is 13.6 Å². The molecule has 1 heterocycles. The second-order valence-corrected chi connectivity index (χ2v) is 5.76. The van der Waals surface area contributed by atoms with Crippen molar-refractivity contribution in [3.8, 4) is 0 Å². The van der Waals surface area contributed by atoms with Crippen LogP contribution in [0.4, 0.5) is 8.78 Å². The fourth-order valence-corrected chi connectivity index (χ4v) is 2.93. The standard InChI is InChI=1S/C13H12F2INO3/c14-8-5-7(10(16)6-9(8)15)12(18)17-4-2-1-3-11(17)13(19)20/h5-6,11H,1-4H2,(H,19,20). The van der Waals surface area contributed by atoms with Crippen molar-refractivity contribution in [1.82, 2.24) is 4.90 Å². The first-order chi connectivity index (χ1) is 9.41. The quantitative estimate of drug-likeness (QED) is 0.619. The highest BCUT2D eigenvalue weighted by molar-refractivity contribution is 14.1. The molecule has 20 heavy (non-hydrogen) atoms. The van der Waals surface area contributed by atoms with Crippen LogP contribution in [-0.2, 0) is 4.79 Å². The summed E-state index contributed by atoms with van der Waals surface area (Å²) in [4.78, 5) is 24.8. The number of carbonyl (C=O) groups is 2. The number of nitrogens with zero attached hydrogens (tertiary/aromatic N) is 1. The van der Waals surface area contributed by atoms with Crippen LogP contribution in [0.25, 0.3) is 0 Å². The predicted molar refractivity (Wildman–Crippen MR) is 75.4 cm³/mol. The largest absolute Gasteiger partial charge is 0.480 e. The lowest BCUT2D eigenvalue weighted by atomic mass is 10.0. The number of halogens is 3. The number of carbonyl (C=O) groups excluding carboxylic acids is 1. The Morgan fingerprint density at radius 3 is 2.55 bits per heavy atom. The van der Waals surface area contributed by atoms with Gasteiger partial charge in [-0.2, -0.15) is 0 Å². The molecule has 1 amide bonds. The van der Waals surface area contributed by atoms with Gasteiger partial charge < -0.3 is 10.0 Å². The van der Waals surface area contributed by atoms with E-state index in [4.69, 9.17) is 5.11 Å². The molecule has 1 aliphatic rings. The molecule has 4 nitrogen and oxygen atoms in total. The Balaban J connectivity index is 2.34. The molecule has 1 atom stereocenters. The highest BCUT2D eigenvalue weighted by Crippen LogP contribution is 2.24. The normalized spacial score (nSPS) is 18.9. The molecule has 2 rings (SSSR count). The van der Waals surface area contributed by atoms with E-state index in [1.54, 1.807) is 22.6 Å². The van der Waals surface area contributed by atoms with Crippen LogP contribution < -0.4 is 0 Å². The van der Waals surface area contributed by atoms with Crippen LogP contribution >= 0.6 is 22.6 Å². The van der Waals surface area contributed by atoms with Gasteiger partial charge in [0.25, 0.3) is 5.91 Å². The van der Waals surface area contributed by atoms with Crippen molar-refractivity contribution in [2.45, 2.75) is 25.3 Å². The smallest absolute Gasteiger partial charge is 0.326 e. The third-order valence-electron chi connectivity index (χ3n) is 3.29. The Bertz CT molecular complexity index is 565. The number of carboxylic acid groups (broad SMARTS) is 1. The lowest BCUT2D eigenvalue weighted by Crippen LogP contribution is -2.48. The summed E-state index contributed by atoms with van der Waals surface area (Å²) in [6.45, 7) is 0.310. The maximum absolute atomic E-state index is 13.3. The van der Waals surface area contributed by atoms with Gasteiger partial charge in [0.15, 0.2) is 11.6 Å². The number of carboxylic acids is 1. The Morgan fingerprint density at radius 1 is 1.25 bits per heavy atom. The molecule has 0 bridgehead atoms. The van der Waals surface area contributed by atoms with Gasteiger partial charge in [-0.15, -0.1) is 0 Å². The highest BCUT2D eigenvalue weighted by Gasteiger charge is 2.33. The Kier molecular flexibility index (Phi) is 4.56.